The van der Waals surface area contributed by atoms with Gasteiger partial charge >= 0.3 is 0 Å². The molecule has 0 radical (unpaired) electrons. The highest BCUT2D eigenvalue weighted by molar-refractivity contribution is 7.19. The van der Waals surface area contributed by atoms with Crippen molar-refractivity contribution in [3.05, 3.63) is 24.3 Å². The molecule has 0 aliphatic heterocycles. The van der Waals surface area contributed by atoms with E-state index >= 15 is 0 Å². The standard InChI is InChI=1S/C16H25ClN2O2Si/c1-4-7-15(20)18-13-8-5-9-14(12-13)19-16(21)10-6-11-22(2,3)17/h5,8-9,12H,4,6-7,10-11H2,1-3H3,(H,18,20)(H,19,21). The van der Waals surface area contributed by atoms with E-state index in [0.717, 1.165) is 18.9 Å². The second-order valence-corrected chi connectivity index (χ2v) is 13.0. The smallest absolute Gasteiger partial charge is 0.224 e. The number of benzene rings is 1. The molecule has 0 aliphatic rings. The van der Waals surface area contributed by atoms with E-state index in [2.05, 4.69) is 23.7 Å². The van der Waals surface area contributed by atoms with E-state index in [1.807, 2.05) is 25.1 Å². The third-order valence-corrected chi connectivity index (χ3v) is 5.19. The second kappa shape index (κ2) is 8.95. The highest BCUT2D eigenvalue weighted by atomic mass is 35.6. The molecule has 0 aliphatic carbocycles. The van der Waals surface area contributed by atoms with Crippen molar-refractivity contribution in [2.75, 3.05) is 10.6 Å². The summed E-state index contributed by atoms with van der Waals surface area (Å²) in [4.78, 5) is 23.5. The van der Waals surface area contributed by atoms with Crippen LogP contribution in [0, 0.1) is 0 Å². The van der Waals surface area contributed by atoms with Gasteiger partial charge in [0, 0.05) is 24.2 Å². The summed E-state index contributed by atoms with van der Waals surface area (Å²) in [5, 5.41) is 5.67. The van der Waals surface area contributed by atoms with Crippen LogP contribution in [0.2, 0.25) is 19.1 Å². The maximum absolute atomic E-state index is 11.9. The van der Waals surface area contributed by atoms with Crippen LogP contribution in [0.5, 0.6) is 0 Å². The Hall–Kier alpha value is -1.33. The predicted molar refractivity (Wildman–Crippen MR) is 96.0 cm³/mol. The summed E-state index contributed by atoms with van der Waals surface area (Å²) in [6.07, 6.45) is 2.58. The first-order valence-corrected chi connectivity index (χ1v) is 11.9. The number of carbonyl (C=O) groups excluding carboxylic acids is 2. The molecule has 0 saturated carbocycles. The van der Waals surface area contributed by atoms with E-state index in [9.17, 15) is 9.59 Å². The molecule has 4 nitrogen and oxygen atoms in total. The minimum absolute atomic E-state index is 0.0136. The van der Waals surface area contributed by atoms with E-state index in [-0.39, 0.29) is 11.8 Å². The van der Waals surface area contributed by atoms with Crippen LogP contribution < -0.4 is 10.6 Å². The van der Waals surface area contributed by atoms with Gasteiger partial charge in [0.1, 0.15) is 0 Å². The van der Waals surface area contributed by atoms with Gasteiger partial charge in [0.2, 0.25) is 11.8 Å². The van der Waals surface area contributed by atoms with E-state index in [4.69, 9.17) is 11.1 Å². The largest absolute Gasteiger partial charge is 0.326 e. The molecule has 2 amide bonds. The SMILES string of the molecule is CCCC(=O)Nc1cccc(NC(=O)CCC[Si](C)(C)Cl)c1. The van der Waals surface area contributed by atoms with E-state index in [1.165, 1.54) is 0 Å². The van der Waals surface area contributed by atoms with E-state index in [1.54, 1.807) is 6.07 Å². The number of hydrogen-bond acceptors (Lipinski definition) is 2. The maximum atomic E-state index is 11.9. The van der Waals surface area contributed by atoms with Crippen molar-refractivity contribution in [1.82, 2.24) is 0 Å². The molecule has 0 atom stereocenters. The Morgan fingerprint density at radius 2 is 1.64 bits per heavy atom. The van der Waals surface area contributed by atoms with Crippen LogP contribution in [0.15, 0.2) is 24.3 Å². The van der Waals surface area contributed by atoms with Gasteiger partial charge < -0.3 is 10.6 Å². The summed E-state index contributed by atoms with van der Waals surface area (Å²) < 4.78 is 0. The average molecular weight is 341 g/mol. The van der Waals surface area contributed by atoms with Gasteiger partial charge in [0.15, 0.2) is 7.38 Å². The Balaban J connectivity index is 2.48. The third kappa shape index (κ3) is 8.19. The summed E-state index contributed by atoms with van der Waals surface area (Å²) in [6.45, 7) is 6.12. The van der Waals surface area contributed by atoms with Gasteiger partial charge in [-0.15, -0.1) is 0 Å². The Kier molecular flexibility index (Phi) is 7.62. The van der Waals surface area contributed by atoms with Crippen molar-refractivity contribution in [2.45, 2.75) is 51.7 Å². The normalized spacial score (nSPS) is 11.1. The number of anilines is 2. The molecule has 2 N–H and O–H groups in total. The number of amides is 2. The highest BCUT2D eigenvalue weighted by Gasteiger charge is 2.16. The van der Waals surface area contributed by atoms with Crippen LogP contribution in [-0.4, -0.2) is 19.2 Å². The average Bonchev–Trinajstić information content (AvgIpc) is 2.37. The summed E-state index contributed by atoms with van der Waals surface area (Å²) in [6, 6.07) is 8.13. The van der Waals surface area contributed by atoms with Crippen LogP contribution in [0.25, 0.3) is 0 Å². The van der Waals surface area contributed by atoms with Crippen LogP contribution >= 0.6 is 11.1 Å². The van der Waals surface area contributed by atoms with Crippen LogP contribution in [0.4, 0.5) is 11.4 Å². The van der Waals surface area contributed by atoms with E-state index in [0.29, 0.717) is 24.2 Å². The van der Waals surface area contributed by atoms with Crippen molar-refractivity contribution >= 4 is 41.7 Å². The maximum Gasteiger partial charge on any atom is 0.224 e. The van der Waals surface area contributed by atoms with Crippen molar-refractivity contribution in [3.63, 3.8) is 0 Å². The number of nitrogens with one attached hydrogen (secondary N) is 2. The molecule has 22 heavy (non-hydrogen) atoms. The molecule has 0 saturated heterocycles. The van der Waals surface area contributed by atoms with Crippen LogP contribution in [0.1, 0.15) is 32.6 Å². The highest BCUT2D eigenvalue weighted by Crippen LogP contribution is 2.19. The topological polar surface area (TPSA) is 58.2 Å². The molecule has 0 aromatic heterocycles. The first-order valence-electron chi connectivity index (χ1n) is 7.69. The van der Waals surface area contributed by atoms with Crippen molar-refractivity contribution < 1.29 is 9.59 Å². The summed E-state index contributed by atoms with van der Waals surface area (Å²) in [7, 11) is -1.61. The fourth-order valence-electron chi connectivity index (χ4n) is 2.02. The van der Waals surface area contributed by atoms with Crippen LogP contribution in [-0.2, 0) is 9.59 Å². The van der Waals surface area contributed by atoms with Gasteiger partial charge in [-0.05, 0) is 37.1 Å². The minimum Gasteiger partial charge on any atom is -0.326 e. The quantitative estimate of drug-likeness (QED) is 0.537. The Labute approximate surface area is 138 Å². The van der Waals surface area contributed by atoms with Gasteiger partial charge in [-0.25, -0.2) is 0 Å². The second-order valence-electron chi connectivity index (χ2n) is 6.00. The summed E-state index contributed by atoms with van der Waals surface area (Å²) in [5.74, 6) is -0.0350. The van der Waals surface area contributed by atoms with Crippen molar-refractivity contribution in [3.8, 4) is 0 Å². The fraction of sp³-hybridized carbons (Fsp3) is 0.500. The molecule has 0 spiro atoms. The zero-order valence-corrected chi connectivity index (χ0v) is 15.3. The molecule has 0 fully saturated rings. The molecular formula is C16H25ClN2O2Si. The molecule has 0 heterocycles. The first-order chi connectivity index (χ1) is 10.3. The molecule has 1 aromatic rings. The van der Waals surface area contributed by atoms with Gasteiger partial charge in [0.05, 0.1) is 0 Å². The minimum atomic E-state index is -1.61. The molecular weight excluding hydrogens is 316 g/mol. The van der Waals surface area contributed by atoms with Crippen LogP contribution in [0.3, 0.4) is 0 Å². The Morgan fingerprint density at radius 1 is 1.09 bits per heavy atom. The van der Waals surface area contributed by atoms with Gasteiger partial charge in [0.25, 0.3) is 0 Å². The lowest BCUT2D eigenvalue weighted by atomic mass is 10.2. The molecule has 1 rings (SSSR count). The number of carbonyl (C=O) groups is 2. The number of rotatable bonds is 8. The fourth-order valence-corrected chi connectivity index (χ4v) is 3.44. The zero-order valence-electron chi connectivity index (χ0n) is 13.5. The zero-order chi connectivity index (χ0) is 16.6. The molecule has 0 bridgehead atoms. The van der Waals surface area contributed by atoms with Crippen molar-refractivity contribution in [1.29, 1.82) is 0 Å². The first kappa shape index (κ1) is 18.7. The molecule has 1 aromatic carbocycles. The molecule has 122 valence electrons. The molecule has 6 heteroatoms. The Morgan fingerprint density at radius 3 is 2.14 bits per heavy atom. The summed E-state index contributed by atoms with van der Waals surface area (Å²) >= 11 is 6.24. The van der Waals surface area contributed by atoms with Gasteiger partial charge in [-0.3, -0.25) is 9.59 Å². The lowest BCUT2D eigenvalue weighted by molar-refractivity contribution is -0.117. The van der Waals surface area contributed by atoms with Crippen molar-refractivity contribution in [2.24, 2.45) is 0 Å². The Bertz CT molecular complexity index is 515. The lowest BCUT2D eigenvalue weighted by Crippen LogP contribution is -2.18. The predicted octanol–water partition coefficient (Wildman–Crippen LogP) is 4.59. The van der Waals surface area contributed by atoms with Gasteiger partial charge in [-0.1, -0.05) is 26.1 Å². The lowest BCUT2D eigenvalue weighted by Gasteiger charge is -2.12. The monoisotopic (exact) mass is 340 g/mol. The van der Waals surface area contributed by atoms with Gasteiger partial charge in [-0.2, -0.15) is 11.1 Å². The summed E-state index contributed by atoms with van der Waals surface area (Å²) in [5.41, 5.74) is 1.40. The van der Waals surface area contributed by atoms with E-state index < -0.39 is 7.38 Å². The number of hydrogen-bond donors (Lipinski definition) is 2. The number of halogens is 1. The molecule has 0 unspecified atom stereocenters. The third-order valence-electron chi connectivity index (χ3n) is 3.08.